The van der Waals surface area contributed by atoms with Crippen molar-refractivity contribution in [3.63, 3.8) is 0 Å². The lowest BCUT2D eigenvalue weighted by atomic mass is 9.78. The van der Waals surface area contributed by atoms with Gasteiger partial charge in [0.15, 0.2) is 13.9 Å². The highest BCUT2D eigenvalue weighted by atomic mass is 28.4. The second-order valence-corrected chi connectivity index (χ2v) is 16.6. The third-order valence-electron chi connectivity index (χ3n) is 8.31. The number of carbonyl (C=O) groups excluding carboxylic acids is 1. The van der Waals surface area contributed by atoms with Gasteiger partial charge in [-0.15, -0.1) is 0 Å². The van der Waals surface area contributed by atoms with E-state index in [2.05, 4.69) is 33.9 Å². The van der Waals surface area contributed by atoms with Crippen molar-refractivity contribution in [3.05, 3.63) is 29.8 Å². The highest BCUT2D eigenvalue weighted by molar-refractivity contribution is 6.74. The molecule has 1 aromatic rings. The van der Waals surface area contributed by atoms with Crippen LogP contribution in [0.3, 0.4) is 0 Å². The van der Waals surface area contributed by atoms with Crippen molar-refractivity contribution in [2.45, 2.75) is 108 Å². The molecule has 0 spiro atoms. The summed E-state index contributed by atoms with van der Waals surface area (Å²) < 4.78 is 41.7. The van der Waals surface area contributed by atoms with E-state index in [-0.39, 0.29) is 24.5 Å². The normalized spacial score (nSPS) is 34.5. The Morgan fingerprint density at radius 3 is 2.11 bits per heavy atom. The fourth-order valence-electron chi connectivity index (χ4n) is 4.55. The molecule has 1 aliphatic carbocycles. The Kier molecular flexibility index (Phi) is 8.57. The van der Waals surface area contributed by atoms with E-state index in [1.54, 1.807) is 33.1 Å². The zero-order valence-corrected chi connectivity index (χ0v) is 24.9. The van der Waals surface area contributed by atoms with Gasteiger partial charge in [0, 0.05) is 27.1 Å². The molecule has 6 atom stereocenters. The van der Waals surface area contributed by atoms with Crippen LogP contribution in [0.2, 0.25) is 18.1 Å². The Labute approximate surface area is 221 Å². The fraction of sp³-hybridized carbons (Fsp3) is 0.741. The molecule has 3 rings (SSSR count). The summed E-state index contributed by atoms with van der Waals surface area (Å²) in [6, 6.07) is 7.20. The monoisotopic (exact) mass is 540 g/mol. The van der Waals surface area contributed by atoms with E-state index in [0.717, 1.165) is 5.56 Å². The number of aliphatic hydroxyl groups is 1. The first-order valence-electron chi connectivity index (χ1n) is 12.7. The number of esters is 1. The Bertz CT molecular complexity index is 946. The van der Waals surface area contributed by atoms with Crippen LogP contribution in [0, 0.1) is 0 Å². The van der Waals surface area contributed by atoms with Gasteiger partial charge < -0.3 is 38.0 Å². The zero-order chi connectivity index (χ0) is 27.9. The first kappa shape index (κ1) is 30.0. The number of rotatable bonds is 8. The first-order valence-corrected chi connectivity index (χ1v) is 15.6. The molecule has 1 saturated carbocycles. The van der Waals surface area contributed by atoms with Crippen LogP contribution in [0.15, 0.2) is 24.3 Å². The van der Waals surface area contributed by atoms with Crippen LogP contribution < -0.4 is 4.74 Å². The molecule has 1 aliphatic heterocycles. The third kappa shape index (κ3) is 5.90. The van der Waals surface area contributed by atoms with E-state index in [1.807, 2.05) is 12.1 Å². The van der Waals surface area contributed by atoms with E-state index in [9.17, 15) is 9.90 Å². The van der Waals surface area contributed by atoms with Crippen molar-refractivity contribution in [2.24, 2.45) is 0 Å². The highest BCUT2D eigenvalue weighted by Gasteiger charge is 2.63. The van der Waals surface area contributed by atoms with Gasteiger partial charge in [-0.1, -0.05) is 32.9 Å². The molecular weight excluding hydrogens is 496 g/mol. The standard InChI is InChI=1S/C27H44O9Si/c1-24(2,3)37(9,10)36-21-16-27(29,23(28)33-17-18-11-13-19(30-6)14-12-18)15-20-22(21)35-26(5,32-8)25(4,31-7)34-20/h11-14,20-22,29H,15-17H2,1-10H3/t20?,21-,22?,25+,26+,27-/m1/s1. The van der Waals surface area contributed by atoms with E-state index in [4.69, 9.17) is 32.8 Å². The number of ether oxygens (including phenoxy) is 6. The largest absolute Gasteiger partial charge is 0.497 e. The molecule has 1 aromatic carbocycles. The highest BCUT2D eigenvalue weighted by Crippen LogP contribution is 2.48. The molecule has 2 unspecified atom stereocenters. The maximum atomic E-state index is 13.3. The van der Waals surface area contributed by atoms with Crippen LogP contribution in [0.4, 0.5) is 0 Å². The van der Waals surface area contributed by atoms with Crippen LogP contribution >= 0.6 is 0 Å². The number of hydrogen-bond acceptors (Lipinski definition) is 9. The Hall–Kier alpha value is -1.53. The molecule has 10 heteroatoms. The number of fused-ring (bicyclic) bond motifs is 1. The molecule has 37 heavy (non-hydrogen) atoms. The van der Waals surface area contributed by atoms with E-state index >= 15 is 0 Å². The van der Waals surface area contributed by atoms with Crippen molar-refractivity contribution >= 4 is 14.3 Å². The van der Waals surface area contributed by atoms with Gasteiger partial charge in [-0.2, -0.15) is 0 Å². The second kappa shape index (κ2) is 10.6. The molecule has 2 fully saturated rings. The van der Waals surface area contributed by atoms with Crippen LogP contribution in [0.5, 0.6) is 5.75 Å². The smallest absolute Gasteiger partial charge is 0.338 e. The minimum atomic E-state index is -2.33. The SMILES string of the molecule is COc1ccc(COC(=O)[C@@]2(O)CC3O[C@](C)(OC)[C@@](C)(OC)OC3[C@H](O[Si](C)(C)C(C)(C)C)C2)cc1. The minimum Gasteiger partial charge on any atom is -0.497 e. The van der Waals surface area contributed by atoms with Gasteiger partial charge in [0.05, 0.1) is 19.3 Å². The van der Waals surface area contributed by atoms with Crippen molar-refractivity contribution in [1.82, 2.24) is 0 Å². The number of benzene rings is 1. The van der Waals surface area contributed by atoms with Gasteiger partial charge >= 0.3 is 5.97 Å². The van der Waals surface area contributed by atoms with Crippen LogP contribution in [0.1, 0.15) is 53.0 Å². The molecule has 0 bridgehead atoms. The summed E-state index contributed by atoms with van der Waals surface area (Å²) in [5, 5.41) is 11.6. The molecule has 0 aromatic heterocycles. The number of carbonyl (C=O) groups is 1. The molecule has 1 N–H and O–H groups in total. The van der Waals surface area contributed by atoms with Crippen molar-refractivity contribution in [2.75, 3.05) is 21.3 Å². The summed E-state index contributed by atoms with van der Waals surface area (Å²) in [6.45, 7) is 14.1. The Morgan fingerprint density at radius 1 is 1.03 bits per heavy atom. The summed E-state index contributed by atoms with van der Waals surface area (Å²) >= 11 is 0. The molecule has 1 heterocycles. The second-order valence-electron chi connectivity index (χ2n) is 11.8. The minimum absolute atomic E-state index is 0.00890. The van der Waals surface area contributed by atoms with Gasteiger partial charge in [-0.3, -0.25) is 0 Å². The summed E-state index contributed by atoms with van der Waals surface area (Å²) in [7, 11) is 2.29. The summed E-state index contributed by atoms with van der Waals surface area (Å²) in [4.78, 5) is 13.3. The average molecular weight is 541 g/mol. The number of methoxy groups -OCH3 is 3. The lowest BCUT2D eigenvalue weighted by Gasteiger charge is -2.57. The maximum Gasteiger partial charge on any atom is 0.338 e. The maximum absolute atomic E-state index is 13.3. The van der Waals surface area contributed by atoms with E-state index in [0.29, 0.717) is 5.75 Å². The number of hydrogen-bond donors (Lipinski definition) is 1. The molecule has 1 saturated heterocycles. The molecule has 9 nitrogen and oxygen atoms in total. The van der Waals surface area contributed by atoms with Gasteiger partial charge in [-0.25, -0.2) is 4.79 Å². The average Bonchev–Trinajstić information content (AvgIpc) is 2.83. The van der Waals surface area contributed by atoms with Crippen molar-refractivity contribution in [3.8, 4) is 5.75 Å². The molecule has 0 radical (unpaired) electrons. The summed E-state index contributed by atoms with van der Waals surface area (Å²) in [5.74, 6) is -2.54. The quantitative estimate of drug-likeness (QED) is 0.385. The van der Waals surface area contributed by atoms with E-state index < -0.39 is 49.8 Å². The molecule has 2 aliphatic rings. The van der Waals surface area contributed by atoms with E-state index in [1.165, 1.54) is 14.2 Å². The van der Waals surface area contributed by atoms with Crippen molar-refractivity contribution in [1.29, 1.82) is 0 Å². The predicted molar refractivity (Wildman–Crippen MR) is 140 cm³/mol. The lowest BCUT2D eigenvalue weighted by Crippen LogP contribution is -2.71. The van der Waals surface area contributed by atoms with Crippen LogP contribution in [0.25, 0.3) is 0 Å². The van der Waals surface area contributed by atoms with Gasteiger partial charge in [0.1, 0.15) is 18.5 Å². The van der Waals surface area contributed by atoms with Crippen LogP contribution in [-0.4, -0.2) is 76.2 Å². The summed E-state index contributed by atoms with van der Waals surface area (Å²) in [6.07, 6.45) is -1.94. The first-order chi connectivity index (χ1) is 17.0. The Balaban J connectivity index is 1.88. The summed E-state index contributed by atoms with van der Waals surface area (Å²) in [5.41, 5.74) is -1.06. The van der Waals surface area contributed by atoms with Crippen molar-refractivity contribution < 1.29 is 42.7 Å². The Morgan fingerprint density at radius 2 is 1.59 bits per heavy atom. The third-order valence-corrected chi connectivity index (χ3v) is 12.8. The fourth-order valence-corrected chi connectivity index (χ4v) is 5.87. The van der Waals surface area contributed by atoms with Crippen LogP contribution in [-0.2, 0) is 39.5 Å². The lowest BCUT2D eigenvalue weighted by molar-refractivity contribution is -0.460. The molecule has 0 amide bonds. The van der Waals surface area contributed by atoms with Gasteiger partial charge in [-0.05, 0) is 49.7 Å². The van der Waals surface area contributed by atoms with Gasteiger partial charge in [0.2, 0.25) is 11.6 Å². The molecule has 210 valence electrons. The van der Waals surface area contributed by atoms with Gasteiger partial charge in [0.25, 0.3) is 0 Å². The topological polar surface area (TPSA) is 102 Å². The predicted octanol–water partition coefficient (Wildman–Crippen LogP) is 4.16. The zero-order valence-electron chi connectivity index (χ0n) is 23.9. The molecular formula is C27H44O9Si.